The molecule has 1 rings (SSSR count). The number of halogens is 1. The highest BCUT2D eigenvalue weighted by Gasteiger charge is 1.96. The molecule has 0 unspecified atom stereocenters. The van der Waals surface area contributed by atoms with Crippen molar-refractivity contribution in [1.29, 1.82) is 0 Å². The van der Waals surface area contributed by atoms with Crippen LogP contribution in [0.5, 0.6) is 0 Å². The van der Waals surface area contributed by atoms with E-state index < -0.39 is 0 Å². The van der Waals surface area contributed by atoms with E-state index in [2.05, 4.69) is 6.07 Å². The van der Waals surface area contributed by atoms with Crippen molar-refractivity contribution in [3.63, 3.8) is 0 Å². The van der Waals surface area contributed by atoms with Gasteiger partial charge in [0.2, 0.25) is 0 Å². The van der Waals surface area contributed by atoms with E-state index in [9.17, 15) is 0 Å². The van der Waals surface area contributed by atoms with Crippen LogP contribution < -0.4 is 0 Å². The van der Waals surface area contributed by atoms with Crippen molar-refractivity contribution in [2.24, 2.45) is 0 Å². The van der Waals surface area contributed by atoms with Crippen LogP contribution in [-0.2, 0) is 6.42 Å². The molecule has 0 aromatic heterocycles. The first-order chi connectivity index (χ1) is 5.34. The highest BCUT2D eigenvalue weighted by Crippen LogP contribution is 2.15. The van der Waals surface area contributed by atoms with Crippen LogP contribution in [0.1, 0.15) is 12.0 Å². The molecule has 59 valence electrons. The molecular weight excluding hydrogens is 160 g/mol. The summed E-state index contributed by atoms with van der Waals surface area (Å²) < 4.78 is 0. The number of aliphatic hydroxyl groups is 1. The lowest BCUT2D eigenvalue weighted by molar-refractivity contribution is 0.288. The molecule has 1 radical (unpaired) electrons. The fourth-order valence-electron chi connectivity index (χ4n) is 0.915. The summed E-state index contributed by atoms with van der Waals surface area (Å²) in [5.74, 6) is 0. The normalized spacial score (nSPS) is 10.0. The third kappa shape index (κ3) is 2.52. The first-order valence-corrected chi connectivity index (χ1v) is 3.97. The van der Waals surface area contributed by atoms with E-state index in [0.29, 0.717) is 0 Å². The van der Waals surface area contributed by atoms with Crippen LogP contribution in [0.25, 0.3) is 0 Å². The van der Waals surface area contributed by atoms with E-state index in [-0.39, 0.29) is 6.61 Å². The maximum Gasteiger partial charge on any atom is 0.0444 e. The van der Waals surface area contributed by atoms with E-state index >= 15 is 0 Å². The van der Waals surface area contributed by atoms with Crippen LogP contribution >= 0.6 is 11.6 Å². The Labute approximate surface area is 71.6 Å². The van der Waals surface area contributed by atoms with E-state index in [4.69, 9.17) is 16.7 Å². The molecule has 0 spiro atoms. The van der Waals surface area contributed by atoms with Crippen molar-refractivity contribution in [3.05, 3.63) is 34.9 Å². The fraction of sp³-hybridized carbons (Fsp3) is 0.333. The van der Waals surface area contributed by atoms with Crippen LogP contribution in [0.2, 0.25) is 5.02 Å². The largest absolute Gasteiger partial charge is 0.396 e. The lowest BCUT2D eigenvalue weighted by atomic mass is 10.1. The smallest absolute Gasteiger partial charge is 0.0444 e. The molecule has 1 nitrogen and oxygen atoms in total. The molecule has 1 aromatic carbocycles. The molecule has 0 amide bonds. The van der Waals surface area contributed by atoms with Crippen LogP contribution in [0.3, 0.4) is 0 Å². The topological polar surface area (TPSA) is 20.2 Å². The summed E-state index contributed by atoms with van der Waals surface area (Å²) in [6, 6.07) is 8.39. The summed E-state index contributed by atoms with van der Waals surface area (Å²) >= 11 is 5.85. The summed E-state index contributed by atoms with van der Waals surface area (Å²) in [5, 5.41) is 9.30. The van der Waals surface area contributed by atoms with E-state index in [1.807, 2.05) is 12.1 Å². The van der Waals surface area contributed by atoms with Crippen LogP contribution in [0.4, 0.5) is 0 Å². The second-order valence-corrected chi connectivity index (χ2v) is 2.75. The molecule has 0 aliphatic heterocycles. The third-order valence-corrected chi connectivity index (χ3v) is 1.85. The second-order valence-electron chi connectivity index (χ2n) is 2.34. The maximum absolute atomic E-state index is 8.57. The van der Waals surface area contributed by atoms with Gasteiger partial charge in [0.05, 0.1) is 0 Å². The zero-order valence-corrected chi connectivity index (χ0v) is 6.93. The molecule has 0 aliphatic carbocycles. The van der Waals surface area contributed by atoms with Gasteiger partial charge in [0.15, 0.2) is 0 Å². The summed E-state index contributed by atoms with van der Waals surface area (Å²) in [5.41, 5.74) is 1.08. The lowest BCUT2D eigenvalue weighted by Gasteiger charge is -2.00. The Kier molecular flexibility index (Phi) is 3.40. The van der Waals surface area contributed by atoms with Gasteiger partial charge in [-0.15, -0.1) is 0 Å². The number of aliphatic hydroxyl groups excluding tert-OH is 1. The van der Waals surface area contributed by atoms with Gasteiger partial charge in [-0.2, -0.15) is 0 Å². The Hall–Kier alpha value is -0.530. The molecule has 1 N–H and O–H groups in total. The minimum atomic E-state index is 0.217. The molecule has 0 heterocycles. The van der Waals surface area contributed by atoms with Crippen molar-refractivity contribution in [1.82, 2.24) is 0 Å². The fourth-order valence-corrected chi connectivity index (χ4v) is 1.14. The predicted octanol–water partition coefficient (Wildman–Crippen LogP) is 2.07. The molecule has 0 saturated carbocycles. The number of rotatable bonds is 3. The highest BCUT2D eigenvalue weighted by atomic mass is 35.5. The zero-order valence-electron chi connectivity index (χ0n) is 6.18. The van der Waals surface area contributed by atoms with Crippen LogP contribution in [-0.4, -0.2) is 11.7 Å². The average molecular weight is 170 g/mol. The standard InChI is InChI=1S/C9H10ClO/c10-9-6-2-1-4-8(9)5-3-7-11/h1,4,6,11H,3,5,7H2. The first kappa shape index (κ1) is 8.57. The summed E-state index contributed by atoms with van der Waals surface area (Å²) in [6.45, 7) is 0.217. The average Bonchev–Trinajstić information content (AvgIpc) is 2.03. The van der Waals surface area contributed by atoms with Crippen molar-refractivity contribution in [2.75, 3.05) is 6.61 Å². The maximum atomic E-state index is 8.57. The number of benzene rings is 1. The third-order valence-electron chi connectivity index (χ3n) is 1.50. The molecule has 0 aliphatic rings. The van der Waals surface area contributed by atoms with E-state index in [1.165, 1.54) is 0 Å². The van der Waals surface area contributed by atoms with Gasteiger partial charge in [-0.3, -0.25) is 0 Å². The van der Waals surface area contributed by atoms with Gasteiger partial charge in [0.1, 0.15) is 0 Å². The van der Waals surface area contributed by atoms with Crippen molar-refractivity contribution >= 4 is 11.6 Å². The van der Waals surface area contributed by atoms with Gasteiger partial charge in [0.25, 0.3) is 0 Å². The van der Waals surface area contributed by atoms with E-state index in [0.717, 1.165) is 23.4 Å². The zero-order chi connectivity index (χ0) is 8.10. The Morgan fingerprint density at radius 3 is 3.00 bits per heavy atom. The molecular formula is C9H10ClO. The van der Waals surface area contributed by atoms with Crippen LogP contribution in [0, 0.1) is 6.07 Å². The predicted molar refractivity (Wildman–Crippen MR) is 45.7 cm³/mol. The SMILES string of the molecule is OCCCc1cc[c]cc1Cl. The van der Waals surface area contributed by atoms with Crippen molar-refractivity contribution in [3.8, 4) is 0 Å². The van der Waals surface area contributed by atoms with Gasteiger partial charge in [-0.25, -0.2) is 0 Å². The monoisotopic (exact) mass is 169 g/mol. The van der Waals surface area contributed by atoms with Crippen molar-refractivity contribution in [2.45, 2.75) is 12.8 Å². The quantitative estimate of drug-likeness (QED) is 0.735. The Balaban J connectivity index is 2.62. The summed E-state index contributed by atoms with van der Waals surface area (Å²) in [6.07, 6.45) is 1.60. The van der Waals surface area contributed by atoms with Gasteiger partial charge < -0.3 is 5.11 Å². The van der Waals surface area contributed by atoms with Crippen molar-refractivity contribution < 1.29 is 5.11 Å². The molecule has 2 heteroatoms. The minimum absolute atomic E-state index is 0.217. The second kappa shape index (κ2) is 4.37. The van der Waals surface area contributed by atoms with Gasteiger partial charge in [-0.05, 0) is 30.5 Å². The van der Waals surface area contributed by atoms with E-state index in [1.54, 1.807) is 6.07 Å². The molecule has 0 atom stereocenters. The van der Waals surface area contributed by atoms with Gasteiger partial charge >= 0.3 is 0 Å². The molecule has 0 fully saturated rings. The number of aryl methyl sites for hydroxylation is 1. The van der Waals surface area contributed by atoms with Gasteiger partial charge in [-0.1, -0.05) is 23.7 Å². The first-order valence-electron chi connectivity index (χ1n) is 3.60. The molecule has 0 saturated heterocycles. The Bertz CT molecular complexity index is 223. The number of hydrogen-bond acceptors (Lipinski definition) is 1. The lowest BCUT2D eigenvalue weighted by Crippen LogP contribution is -1.89. The number of hydrogen-bond donors (Lipinski definition) is 1. The molecule has 1 aromatic rings. The molecule has 0 bridgehead atoms. The summed E-state index contributed by atoms with van der Waals surface area (Å²) in [4.78, 5) is 0. The van der Waals surface area contributed by atoms with Crippen LogP contribution in [0.15, 0.2) is 18.2 Å². The Morgan fingerprint density at radius 2 is 2.36 bits per heavy atom. The minimum Gasteiger partial charge on any atom is -0.396 e. The summed E-state index contributed by atoms with van der Waals surface area (Å²) in [7, 11) is 0. The Morgan fingerprint density at radius 1 is 1.55 bits per heavy atom. The van der Waals surface area contributed by atoms with Gasteiger partial charge in [0, 0.05) is 11.6 Å². The molecule has 11 heavy (non-hydrogen) atoms. The highest BCUT2D eigenvalue weighted by molar-refractivity contribution is 6.31.